The van der Waals surface area contributed by atoms with Gasteiger partial charge in [0.15, 0.2) is 0 Å². The summed E-state index contributed by atoms with van der Waals surface area (Å²) in [6.45, 7) is 4.16. The molecule has 0 unspecified atom stereocenters. The van der Waals surface area contributed by atoms with Gasteiger partial charge < -0.3 is 4.74 Å². The Hall–Kier alpha value is -2.28. The third kappa shape index (κ3) is 3.11. The fourth-order valence-corrected chi connectivity index (χ4v) is 6.81. The van der Waals surface area contributed by atoms with E-state index in [1.165, 1.54) is 0 Å². The summed E-state index contributed by atoms with van der Waals surface area (Å²) >= 11 is 5.59. The van der Waals surface area contributed by atoms with Gasteiger partial charge in [-0.3, -0.25) is 9.69 Å². The summed E-state index contributed by atoms with van der Waals surface area (Å²) in [4.78, 5) is 16.3. The first-order valence-corrected chi connectivity index (χ1v) is 11.4. The van der Waals surface area contributed by atoms with Crippen LogP contribution in [-0.4, -0.2) is 13.0 Å². The number of hydrogen-bond donors (Lipinski definition) is 0. The first-order chi connectivity index (χ1) is 13.4. The zero-order valence-electron chi connectivity index (χ0n) is 15.8. The van der Waals surface area contributed by atoms with E-state index in [2.05, 4.69) is 13.8 Å². The number of methoxy groups -OCH3 is 1. The highest BCUT2D eigenvalue weighted by Gasteiger charge is 2.42. The van der Waals surface area contributed by atoms with Gasteiger partial charge in [0, 0.05) is 17.2 Å². The van der Waals surface area contributed by atoms with Crippen molar-refractivity contribution in [2.24, 2.45) is 0 Å². The molecule has 1 amide bonds. The van der Waals surface area contributed by atoms with Crippen LogP contribution in [0.15, 0.2) is 54.6 Å². The fourth-order valence-electron chi connectivity index (χ4n) is 3.53. The van der Waals surface area contributed by atoms with Crippen LogP contribution < -0.4 is 9.64 Å². The van der Waals surface area contributed by atoms with Crippen molar-refractivity contribution in [3.63, 3.8) is 0 Å². The van der Waals surface area contributed by atoms with Crippen molar-refractivity contribution in [1.82, 2.24) is 0 Å². The van der Waals surface area contributed by atoms with Crippen LogP contribution >= 0.6 is 32.9 Å². The number of ether oxygens (including phenoxy) is 1. The molecule has 0 saturated heterocycles. The lowest BCUT2D eigenvalue weighted by Crippen LogP contribution is -2.47. The lowest BCUT2D eigenvalue weighted by atomic mass is 9.87. The van der Waals surface area contributed by atoms with E-state index in [0.29, 0.717) is 0 Å². The summed E-state index contributed by atoms with van der Waals surface area (Å²) < 4.78 is 6.08. The van der Waals surface area contributed by atoms with Gasteiger partial charge in [-0.1, -0.05) is 63.2 Å². The maximum atomic E-state index is 13.3. The quantitative estimate of drug-likeness (QED) is 0.272. The van der Waals surface area contributed by atoms with E-state index >= 15 is 0 Å². The normalized spacial score (nSPS) is 14.6. The number of para-hydroxylation sites is 1. The maximum Gasteiger partial charge on any atom is 0.251 e. The predicted molar refractivity (Wildman–Crippen MR) is 121 cm³/mol. The molecule has 142 valence electrons. The summed E-state index contributed by atoms with van der Waals surface area (Å²) in [5, 5.41) is 0. The zero-order chi connectivity index (χ0) is 19.9. The third-order valence-electron chi connectivity index (χ3n) is 4.92. The van der Waals surface area contributed by atoms with Crippen LogP contribution in [0.1, 0.15) is 24.3 Å². The number of carbonyl (C=O) groups is 1. The Labute approximate surface area is 176 Å². The van der Waals surface area contributed by atoms with Gasteiger partial charge in [0.1, 0.15) is 9.57 Å². The molecular weight excluding hydrogens is 406 g/mol. The molecule has 0 fully saturated rings. The third-order valence-corrected chi connectivity index (χ3v) is 8.25. The molecular formula is C22H19NO2S3. The molecule has 0 radical (unpaired) electrons. The van der Waals surface area contributed by atoms with Gasteiger partial charge >= 0.3 is 0 Å². The molecule has 3 nitrogen and oxygen atoms in total. The van der Waals surface area contributed by atoms with E-state index in [4.69, 9.17) is 17.0 Å². The lowest BCUT2D eigenvalue weighted by Gasteiger charge is -2.42. The van der Waals surface area contributed by atoms with Crippen molar-refractivity contribution in [2.75, 3.05) is 12.0 Å². The molecule has 2 aromatic carbocycles. The standard InChI is InChI=1S/C22H19NO2S3/c1-22(2)20-19(21(26)28-27-20)16-6-4-5-7-17(16)23(22)18(24)13-10-14-8-11-15(25-3)12-9-14/h4-13H,1-3H3/b13-10-. The van der Waals surface area contributed by atoms with Crippen molar-refractivity contribution in [1.29, 1.82) is 0 Å². The number of rotatable bonds is 3. The monoisotopic (exact) mass is 425 g/mol. The predicted octanol–water partition coefficient (Wildman–Crippen LogP) is 6.51. The second-order valence-corrected chi connectivity index (χ2v) is 9.83. The zero-order valence-corrected chi connectivity index (χ0v) is 18.2. The first-order valence-electron chi connectivity index (χ1n) is 8.83. The lowest BCUT2D eigenvalue weighted by molar-refractivity contribution is -0.115. The minimum Gasteiger partial charge on any atom is -0.497 e. The number of nitrogens with zero attached hydrogens (tertiary/aromatic N) is 1. The van der Waals surface area contributed by atoms with E-state index in [1.54, 1.807) is 33.9 Å². The molecule has 2 heterocycles. The molecule has 6 heteroatoms. The minimum atomic E-state index is -0.469. The Bertz CT molecular complexity index is 1120. The molecule has 0 saturated carbocycles. The van der Waals surface area contributed by atoms with Crippen LogP contribution in [0, 0.1) is 3.82 Å². The Morgan fingerprint density at radius 2 is 1.82 bits per heavy atom. The Balaban J connectivity index is 1.75. The number of benzene rings is 2. The number of anilines is 1. The highest BCUT2D eigenvalue weighted by molar-refractivity contribution is 7.80. The van der Waals surface area contributed by atoms with Gasteiger partial charge in [-0.05, 0) is 43.7 Å². The van der Waals surface area contributed by atoms with E-state index in [1.807, 2.05) is 59.5 Å². The fraction of sp³-hybridized carbons (Fsp3) is 0.182. The van der Waals surface area contributed by atoms with Crippen molar-refractivity contribution in [3.8, 4) is 16.9 Å². The molecule has 4 rings (SSSR count). The molecule has 1 aliphatic heterocycles. The molecule has 0 aliphatic carbocycles. The highest BCUT2D eigenvalue weighted by Crippen LogP contribution is 2.51. The van der Waals surface area contributed by atoms with Gasteiger partial charge in [-0.2, -0.15) is 0 Å². The number of hydrogen-bond acceptors (Lipinski definition) is 5. The van der Waals surface area contributed by atoms with Crippen molar-refractivity contribution >= 4 is 50.6 Å². The smallest absolute Gasteiger partial charge is 0.251 e. The molecule has 1 aromatic heterocycles. The average molecular weight is 426 g/mol. The Kier molecular flexibility index (Phi) is 4.95. The van der Waals surface area contributed by atoms with Crippen LogP contribution in [0.2, 0.25) is 0 Å². The number of fused-ring (bicyclic) bond motifs is 3. The highest BCUT2D eigenvalue weighted by atomic mass is 32.9. The van der Waals surface area contributed by atoms with E-state index in [9.17, 15) is 4.79 Å². The molecule has 0 atom stereocenters. The second kappa shape index (κ2) is 7.28. The molecule has 28 heavy (non-hydrogen) atoms. The largest absolute Gasteiger partial charge is 0.497 e. The van der Waals surface area contributed by atoms with Gasteiger partial charge in [-0.15, -0.1) is 0 Å². The van der Waals surface area contributed by atoms with Gasteiger partial charge in [0.25, 0.3) is 5.91 Å². The summed E-state index contributed by atoms with van der Waals surface area (Å²) in [5.74, 6) is 0.740. The maximum absolute atomic E-state index is 13.3. The van der Waals surface area contributed by atoms with Crippen molar-refractivity contribution < 1.29 is 9.53 Å². The van der Waals surface area contributed by atoms with Crippen LogP contribution in [0.25, 0.3) is 17.2 Å². The molecule has 0 N–H and O–H groups in total. The SMILES string of the molecule is COc1ccc(/C=C\C(=O)N2c3ccccc3-c3c(ssc3=S)C2(C)C)cc1. The molecule has 0 spiro atoms. The van der Waals surface area contributed by atoms with Crippen molar-refractivity contribution in [2.45, 2.75) is 19.4 Å². The van der Waals surface area contributed by atoms with Crippen LogP contribution in [0.3, 0.4) is 0 Å². The van der Waals surface area contributed by atoms with Crippen LogP contribution in [-0.2, 0) is 10.3 Å². The van der Waals surface area contributed by atoms with E-state index in [-0.39, 0.29) is 5.91 Å². The Morgan fingerprint density at radius 1 is 1.11 bits per heavy atom. The van der Waals surface area contributed by atoms with Gasteiger partial charge in [-0.25, -0.2) is 0 Å². The van der Waals surface area contributed by atoms with Gasteiger partial charge in [0.2, 0.25) is 0 Å². The van der Waals surface area contributed by atoms with Crippen LogP contribution in [0.4, 0.5) is 5.69 Å². The first kappa shape index (κ1) is 19.1. The molecule has 0 bridgehead atoms. The Morgan fingerprint density at radius 3 is 2.54 bits per heavy atom. The number of carbonyl (C=O) groups excluding carboxylic acids is 1. The average Bonchev–Trinajstić information content (AvgIpc) is 3.09. The summed E-state index contributed by atoms with van der Waals surface area (Å²) in [6, 6.07) is 15.6. The van der Waals surface area contributed by atoms with E-state index < -0.39 is 5.54 Å². The summed E-state index contributed by atoms with van der Waals surface area (Å²) in [7, 11) is 4.91. The summed E-state index contributed by atoms with van der Waals surface area (Å²) in [5.41, 5.74) is 3.52. The topological polar surface area (TPSA) is 29.5 Å². The van der Waals surface area contributed by atoms with Crippen LogP contribution in [0.5, 0.6) is 5.75 Å². The van der Waals surface area contributed by atoms with Gasteiger partial charge in [0.05, 0.1) is 23.2 Å². The van der Waals surface area contributed by atoms with E-state index in [0.717, 1.165) is 36.8 Å². The number of amides is 1. The van der Waals surface area contributed by atoms with Crippen molar-refractivity contribution in [3.05, 3.63) is 68.9 Å². The molecule has 3 aromatic rings. The minimum absolute atomic E-state index is 0.0526. The summed E-state index contributed by atoms with van der Waals surface area (Å²) in [6.07, 6.45) is 3.47. The molecule has 1 aliphatic rings. The second-order valence-electron chi connectivity index (χ2n) is 7.01.